The first kappa shape index (κ1) is 23.5. The number of halogens is 3. The van der Waals surface area contributed by atoms with E-state index in [0.29, 0.717) is 0 Å². The van der Waals surface area contributed by atoms with Crippen molar-refractivity contribution >= 4 is 17.5 Å². The molecule has 1 heterocycles. The minimum absolute atomic E-state index is 0.0245. The van der Waals surface area contributed by atoms with Gasteiger partial charge < -0.3 is 19.3 Å². The summed E-state index contributed by atoms with van der Waals surface area (Å²) >= 11 is 0. The minimum Gasteiger partial charge on any atom is -0.497 e. The van der Waals surface area contributed by atoms with E-state index in [4.69, 9.17) is 14.2 Å². The van der Waals surface area contributed by atoms with Crippen LogP contribution in [0.5, 0.6) is 5.75 Å². The molecule has 2 aromatic rings. The van der Waals surface area contributed by atoms with Crippen LogP contribution in [-0.2, 0) is 14.3 Å². The summed E-state index contributed by atoms with van der Waals surface area (Å²) in [5.74, 6) is -12.3. The second-order valence-electron chi connectivity index (χ2n) is 7.73. The Kier molecular flexibility index (Phi) is 5.72. The van der Waals surface area contributed by atoms with Gasteiger partial charge in [-0.2, -0.15) is 13.2 Å². The van der Waals surface area contributed by atoms with E-state index in [1.54, 1.807) is 0 Å². The highest BCUT2D eigenvalue weighted by atomic mass is 19.4. The Labute approximate surface area is 191 Å². The summed E-state index contributed by atoms with van der Waals surface area (Å²) < 4.78 is 57.7. The van der Waals surface area contributed by atoms with Crippen LogP contribution in [0.25, 0.3) is 0 Å². The van der Waals surface area contributed by atoms with Gasteiger partial charge in [-0.25, -0.2) is 0 Å². The summed E-state index contributed by atoms with van der Waals surface area (Å²) in [7, 11) is 1.33. The van der Waals surface area contributed by atoms with Crippen molar-refractivity contribution in [1.29, 1.82) is 0 Å². The number of Topliss-reactive ketones (excluding diaryl/α,β-unsaturated/α-hetero) is 2. The van der Waals surface area contributed by atoms with Crippen molar-refractivity contribution in [2.75, 3.05) is 13.7 Å². The van der Waals surface area contributed by atoms with E-state index in [1.807, 2.05) is 0 Å². The predicted octanol–water partition coefficient (Wildman–Crippen LogP) is 3.57. The normalized spacial score (nSPS) is 24.2. The number of fused-ring (bicyclic) bond motifs is 1. The van der Waals surface area contributed by atoms with Gasteiger partial charge >= 0.3 is 17.9 Å². The second-order valence-corrected chi connectivity index (χ2v) is 7.73. The summed E-state index contributed by atoms with van der Waals surface area (Å²) in [6, 6.07) is 11.2. The van der Waals surface area contributed by atoms with E-state index < -0.39 is 52.7 Å². The van der Waals surface area contributed by atoms with E-state index in [1.165, 1.54) is 62.6 Å². The summed E-state index contributed by atoms with van der Waals surface area (Å²) in [6.07, 6.45) is -5.53. The molecule has 0 fully saturated rings. The first-order chi connectivity index (χ1) is 16.0. The van der Waals surface area contributed by atoms with E-state index >= 15 is 0 Å². The molecule has 10 heteroatoms. The van der Waals surface area contributed by atoms with E-state index in [9.17, 15) is 32.7 Å². The fourth-order valence-corrected chi connectivity index (χ4v) is 4.32. The van der Waals surface area contributed by atoms with Crippen molar-refractivity contribution < 1.29 is 46.9 Å². The molecule has 2 aromatic carbocycles. The van der Waals surface area contributed by atoms with Gasteiger partial charge in [-0.05, 0) is 24.6 Å². The van der Waals surface area contributed by atoms with Crippen molar-refractivity contribution in [3.05, 3.63) is 76.6 Å². The molecule has 1 aliphatic heterocycles. The zero-order valence-corrected chi connectivity index (χ0v) is 18.0. The van der Waals surface area contributed by atoms with Crippen LogP contribution in [-0.4, -0.2) is 48.3 Å². The SMILES string of the molecule is CCOC(=O)[C@H]1[C@H](c2cccc(OC)c2)C2=C(O[C@]1(O)C(F)(F)F)C(=O)c1ccccc1C2=O. The lowest BCUT2D eigenvalue weighted by Gasteiger charge is -2.45. The molecule has 2 aliphatic rings. The average molecular weight is 476 g/mol. The number of ketones is 2. The molecule has 3 atom stereocenters. The number of aliphatic hydroxyl groups is 1. The molecule has 4 rings (SSSR count). The van der Waals surface area contributed by atoms with E-state index in [2.05, 4.69) is 0 Å². The Hall–Kier alpha value is -3.66. The number of carbonyl (C=O) groups is 3. The van der Waals surface area contributed by atoms with Crippen molar-refractivity contribution in [3.63, 3.8) is 0 Å². The molecule has 0 radical (unpaired) electrons. The Bertz CT molecular complexity index is 1220. The maximum Gasteiger partial charge on any atom is 0.456 e. The molecule has 1 N–H and O–H groups in total. The maximum atomic E-state index is 14.3. The summed E-state index contributed by atoms with van der Waals surface area (Å²) in [5, 5.41) is 10.8. The lowest BCUT2D eigenvalue weighted by Crippen LogP contribution is -2.61. The van der Waals surface area contributed by atoms with Crippen LogP contribution in [0.15, 0.2) is 59.9 Å². The van der Waals surface area contributed by atoms with Gasteiger partial charge in [-0.3, -0.25) is 14.4 Å². The van der Waals surface area contributed by atoms with Crippen LogP contribution < -0.4 is 4.74 Å². The third-order valence-electron chi connectivity index (χ3n) is 5.83. The number of benzene rings is 2. The topological polar surface area (TPSA) is 99.1 Å². The molecule has 1 aliphatic carbocycles. The smallest absolute Gasteiger partial charge is 0.456 e. The number of hydrogen-bond donors (Lipinski definition) is 1. The molecule has 0 spiro atoms. The van der Waals surface area contributed by atoms with Crippen LogP contribution in [0.2, 0.25) is 0 Å². The number of ether oxygens (including phenoxy) is 3. The molecular weight excluding hydrogens is 457 g/mol. The number of carbonyl (C=O) groups excluding carboxylic acids is 3. The number of hydrogen-bond acceptors (Lipinski definition) is 7. The van der Waals surface area contributed by atoms with Gasteiger partial charge in [0, 0.05) is 17.0 Å². The van der Waals surface area contributed by atoms with Gasteiger partial charge in [0.25, 0.3) is 0 Å². The van der Waals surface area contributed by atoms with Crippen molar-refractivity contribution in [2.24, 2.45) is 5.92 Å². The fourth-order valence-electron chi connectivity index (χ4n) is 4.32. The second kappa shape index (κ2) is 8.28. The Morgan fingerprint density at radius 1 is 1.09 bits per heavy atom. The van der Waals surface area contributed by atoms with Crippen molar-refractivity contribution in [2.45, 2.75) is 24.8 Å². The highest BCUT2D eigenvalue weighted by Crippen LogP contribution is 2.54. The van der Waals surface area contributed by atoms with Gasteiger partial charge in [0.1, 0.15) is 11.7 Å². The molecular formula is C24H19F3O7. The van der Waals surface area contributed by atoms with Crippen LogP contribution in [0.1, 0.15) is 39.1 Å². The molecule has 0 unspecified atom stereocenters. The van der Waals surface area contributed by atoms with Crippen molar-refractivity contribution in [1.82, 2.24) is 0 Å². The molecule has 0 saturated heterocycles. The zero-order chi connectivity index (χ0) is 24.8. The minimum atomic E-state index is -5.53. The lowest BCUT2D eigenvalue weighted by atomic mass is 9.69. The number of methoxy groups -OCH3 is 1. The van der Waals surface area contributed by atoms with Gasteiger partial charge in [-0.15, -0.1) is 0 Å². The average Bonchev–Trinajstić information content (AvgIpc) is 2.81. The quantitative estimate of drug-likeness (QED) is 0.674. The van der Waals surface area contributed by atoms with Crippen LogP contribution in [0.4, 0.5) is 13.2 Å². The summed E-state index contributed by atoms with van der Waals surface area (Å²) in [5.41, 5.74) is -0.669. The molecule has 0 amide bonds. The van der Waals surface area contributed by atoms with Gasteiger partial charge in [0.2, 0.25) is 5.78 Å². The molecule has 178 valence electrons. The lowest BCUT2D eigenvalue weighted by molar-refractivity contribution is -0.375. The van der Waals surface area contributed by atoms with E-state index in [0.717, 1.165) is 0 Å². The Balaban J connectivity index is 2.06. The number of allylic oxidation sites excluding steroid dienone is 2. The Morgan fingerprint density at radius 2 is 1.74 bits per heavy atom. The highest BCUT2D eigenvalue weighted by molar-refractivity contribution is 6.27. The first-order valence-corrected chi connectivity index (χ1v) is 10.3. The number of alkyl halides is 3. The standard InChI is InChI=1S/C24H19F3O7/c1-3-33-22(30)18-16(12-7-6-8-13(11-12)32-2)17-19(28)14-9-4-5-10-15(14)20(29)21(17)34-23(18,31)24(25,26)27/h4-11,16,18,31H,3H2,1-2H3/t16-,18-,23+/m1/s1. The van der Waals surface area contributed by atoms with Crippen LogP contribution in [0.3, 0.4) is 0 Å². The monoisotopic (exact) mass is 476 g/mol. The number of rotatable bonds is 4. The fraction of sp³-hybridized carbons (Fsp3) is 0.292. The van der Waals surface area contributed by atoms with Gasteiger partial charge in [0.15, 0.2) is 11.5 Å². The Morgan fingerprint density at radius 3 is 2.32 bits per heavy atom. The summed E-state index contributed by atoms with van der Waals surface area (Å²) in [4.78, 5) is 39.5. The molecule has 7 nitrogen and oxygen atoms in total. The van der Waals surface area contributed by atoms with Gasteiger partial charge in [0.05, 0.1) is 19.3 Å². The largest absolute Gasteiger partial charge is 0.497 e. The molecule has 0 saturated carbocycles. The maximum absolute atomic E-state index is 14.3. The number of esters is 1. The molecule has 0 bridgehead atoms. The third kappa shape index (κ3) is 3.45. The van der Waals surface area contributed by atoms with Crippen molar-refractivity contribution in [3.8, 4) is 5.75 Å². The van der Waals surface area contributed by atoms with Gasteiger partial charge in [-0.1, -0.05) is 36.4 Å². The third-order valence-corrected chi connectivity index (χ3v) is 5.83. The van der Waals surface area contributed by atoms with Crippen LogP contribution >= 0.6 is 0 Å². The molecule has 0 aromatic heterocycles. The highest BCUT2D eigenvalue weighted by Gasteiger charge is 2.70. The first-order valence-electron chi connectivity index (χ1n) is 10.3. The van der Waals surface area contributed by atoms with Crippen LogP contribution in [0, 0.1) is 5.92 Å². The van der Waals surface area contributed by atoms with E-state index in [-0.39, 0.29) is 29.0 Å². The summed E-state index contributed by atoms with van der Waals surface area (Å²) in [6.45, 7) is 1.08. The predicted molar refractivity (Wildman–Crippen MR) is 110 cm³/mol. The molecule has 34 heavy (non-hydrogen) atoms. The zero-order valence-electron chi connectivity index (χ0n) is 18.0.